The SMILES string of the molecule is OC(c1ccccc1)(c1ccc(-c2cccc3c2oc2ccccc23)cc1)c1ccccc1-c1ccc(Cl)cc1. The molecule has 40 heavy (non-hydrogen) atoms. The highest BCUT2D eigenvalue weighted by molar-refractivity contribution is 6.30. The van der Waals surface area contributed by atoms with E-state index in [1.165, 1.54) is 0 Å². The van der Waals surface area contributed by atoms with Gasteiger partial charge in [0.2, 0.25) is 0 Å². The second-order valence-corrected chi connectivity index (χ2v) is 10.4. The lowest BCUT2D eigenvalue weighted by molar-refractivity contribution is 0.126. The number of hydrogen-bond acceptors (Lipinski definition) is 2. The molecule has 1 heterocycles. The summed E-state index contributed by atoms with van der Waals surface area (Å²) in [7, 11) is 0. The largest absolute Gasteiger partial charge is 0.455 e. The standard InChI is InChI=1S/C37H25ClO2/c38-29-23-19-25(20-24-29)30-11-4-6-15-34(30)37(39,27-9-2-1-3-10-27)28-21-17-26(18-22-28)31-13-8-14-33-32-12-5-7-16-35(32)40-36(31)33/h1-24,39H. The van der Waals surface area contributed by atoms with Crippen molar-refractivity contribution in [3.63, 3.8) is 0 Å². The maximum atomic E-state index is 12.7. The average Bonchev–Trinajstić information content (AvgIpc) is 3.41. The molecule has 0 aliphatic heterocycles. The first kappa shape index (κ1) is 24.4. The van der Waals surface area contributed by atoms with E-state index in [4.69, 9.17) is 16.0 Å². The second kappa shape index (κ2) is 9.84. The first-order valence-corrected chi connectivity index (χ1v) is 13.7. The molecule has 1 unspecified atom stereocenters. The van der Waals surface area contributed by atoms with E-state index < -0.39 is 5.60 Å². The molecule has 3 heteroatoms. The summed E-state index contributed by atoms with van der Waals surface area (Å²) in [4.78, 5) is 0. The third kappa shape index (κ3) is 4.01. The fourth-order valence-electron chi connectivity index (χ4n) is 5.70. The van der Waals surface area contributed by atoms with Gasteiger partial charge in [-0.05, 0) is 46.0 Å². The molecule has 2 nitrogen and oxygen atoms in total. The van der Waals surface area contributed by atoms with Crippen molar-refractivity contribution in [1.29, 1.82) is 0 Å². The van der Waals surface area contributed by atoms with E-state index in [2.05, 4.69) is 36.4 Å². The van der Waals surface area contributed by atoms with Crippen LogP contribution in [0.15, 0.2) is 150 Å². The molecule has 0 spiro atoms. The molecule has 0 radical (unpaired) electrons. The van der Waals surface area contributed by atoms with E-state index in [0.717, 1.165) is 60.9 Å². The van der Waals surface area contributed by atoms with Crippen molar-refractivity contribution in [1.82, 2.24) is 0 Å². The third-order valence-corrected chi connectivity index (χ3v) is 7.93. The molecule has 1 atom stereocenters. The van der Waals surface area contributed by atoms with Crippen LogP contribution in [-0.2, 0) is 5.60 Å². The number of aliphatic hydroxyl groups is 1. The van der Waals surface area contributed by atoms with Crippen molar-refractivity contribution in [3.8, 4) is 22.3 Å². The molecule has 0 amide bonds. The highest BCUT2D eigenvalue weighted by atomic mass is 35.5. The van der Waals surface area contributed by atoms with E-state index in [0.29, 0.717) is 5.02 Å². The van der Waals surface area contributed by atoms with Crippen LogP contribution in [0.3, 0.4) is 0 Å². The molecule has 0 saturated heterocycles. The van der Waals surface area contributed by atoms with Crippen LogP contribution in [0.2, 0.25) is 5.02 Å². The Hall–Kier alpha value is -4.63. The lowest BCUT2D eigenvalue weighted by atomic mass is 9.77. The molecule has 6 aromatic carbocycles. The zero-order valence-electron chi connectivity index (χ0n) is 21.6. The predicted octanol–water partition coefficient (Wildman–Crippen LogP) is 9.86. The van der Waals surface area contributed by atoms with Gasteiger partial charge in [0.15, 0.2) is 0 Å². The minimum absolute atomic E-state index is 0.676. The van der Waals surface area contributed by atoms with Gasteiger partial charge in [0.1, 0.15) is 16.8 Å². The summed E-state index contributed by atoms with van der Waals surface area (Å²) in [6.07, 6.45) is 0. The first-order chi connectivity index (χ1) is 19.6. The van der Waals surface area contributed by atoms with Gasteiger partial charge in [0.05, 0.1) is 0 Å². The van der Waals surface area contributed by atoms with Gasteiger partial charge in [-0.25, -0.2) is 0 Å². The van der Waals surface area contributed by atoms with Crippen molar-refractivity contribution in [2.45, 2.75) is 5.60 Å². The van der Waals surface area contributed by atoms with Gasteiger partial charge in [0, 0.05) is 26.9 Å². The molecule has 1 aromatic heterocycles. The van der Waals surface area contributed by atoms with Crippen molar-refractivity contribution >= 4 is 33.5 Å². The maximum absolute atomic E-state index is 12.7. The Morgan fingerprint density at radius 2 is 1.07 bits per heavy atom. The van der Waals surface area contributed by atoms with Gasteiger partial charge in [-0.1, -0.05) is 139 Å². The molecular weight excluding hydrogens is 512 g/mol. The number of halogens is 1. The van der Waals surface area contributed by atoms with Gasteiger partial charge < -0.3 is 9.52 Å². The monoisotopic (exact) mass is 536 g/mol. The van der Waals surface area contributed by atoms with Crippen molar-refractivity contribution in [3.05, 3.63) is 167 Å². The Morgan fingerprint density at radius 1 is 0.500 bits per heavy atom. The Labute approximate surface area is 237 Å². The smallest absolute Gasteiger partial charge is 0.143 e. The topological polar surface area (TPSA) is 33.4 Å². The summed E-state index contributed by atoms with van der Waals surface area (Å²) >= 11 is 6.19. The normalized spacial score (nSPS) is 12.9. The molecule has 7 aromatic rings. The molecule has 0 saturated carbocycles. The third-order valence-electron chi connectivity index (χ3n) is 7.68. The van der Waals surface area contributed by atoms with Gasteiger partial charge >= 0.3 is 0 Å². The molecule has 0 aliphatic carbocycles. The molecule has 0 aliphatic rings. The van der Waals surface area contributed by atoms with Gasteiger partial charge in [-0.3, -0.25) is 0 Å². The maximum Gasteiger partial charge on any atom is 0.143 e. The zero-order valence-corrected chi connectivity index (χ0v) is 22.3. The highest BCUT2D eigenvalue weighted by Gasteiger charge is 2.36. The minimum atomic E-state index is -1.39. The van der Waals surface area contributed by atoms with Crippen LogP contribution in [0.5, 0.6) is 0 Å². The number of furan rings is 1. The fourth-order valence-corrected chi connectivity index (χ4v) is 5.83. The zero-order chi connectivity index (χ0) is 27.1. The van der Waals surface area contributed by atoms with Crippen molar-refractivity contribution in [2.24, 2.45) is 0 Å². The lowest BCUT2D eigenvalue weighted by Gasteiger charge is -2.32. The highest BCUT2D eigenvalue weighted by Crippen LogP contribution is 2.43. The number of rotatable bonds is 5. The molecule has 192 valence electrons. The number of hydrogen-bond donors (Lipinski definition) is 1. The van der Waals surface area contributed by atoms with Crippen LogP contribution >= 0.6 is 11.6 Å². The second-order valence-electron chi connectivity index (χ2n) is 9.99. The Balaban J connectivity index is 1.39. The van der Waals surface area contributed by atoms with Crippen molar-refractivity contribution < 1.29 is 9.52 Å². The van der Waals surface area contributed by atoms with Gasteiger partial charge in [-0.2, -0.15) is 0 Å². The van der Waals surface area contributed by atoms with E-state index in [1.54, 1.807) is 0 Å². The van der Waals surface area contributed by atoms with Crippen LogP contribution in [0.1, 0.15) is 16.7 Å². The minimum Gasteiger partial charge on any atom is -0.455 e. The van der Waals surface area contributed by atoms with Crippen LogP contribution in [0, 0.1) is 0 Å². The summed E-state index contributed by atoms with van der Waals surface area (Å²) in [5.74, 6) is 0. The average molecular weight is 537 g/mol. The summed E-state index contributed by atoms with van der Waals surface area (Å²) in [6, 6.07) is 48.1. The van der Waals surface area contributed by atoms with E-state index in [9.17, 15) is 5.11 Å². The van der Waals surface area contributed by atoms with Crippen LogP contribution < -0.4 is 0 Å². The van der Waals surface area contributed by atoms with Crippen molar-refractivity contribution in [2.75, 3.05) is 0 Å². The number of fused-ring (bicyclic) bond motifs is 3. The Bertz CT molecular complexity index is 1950. The molecule has 0 fully saturated rings. The summed E-state index contributed by atoms with van der Waals surface area (Å²) in [6.45, 7) is 0. The summed E-state index contributed by atoms with van der Waals surface area (Å²) in [5, 5.41) is 15.6. The molecule has 0 bridgehead atoms. The molecular formula is C37H25ClO2. The quantitative estimate of drug-likeness (QED) is 0.222. The number of para-hydroxylation sites is 2. The van der Waals surface area contributed by atoms with Gasteiger partial charge in [0.25, 0.3) is 0 Å². The predicted molar refractivity (Wildman–Crippen MR) is 165 cm³/mol. The molecule has 7 rings (SSSR count). The van der Waals surface area contributed by atoms with Crippen LogP contribution in [0.4, 0.5) is 0 Å². The molecule has 1 N–H and O–H groups in total. The lowest BCUT2D eigenvalue weighted by Crippen LogP contribution is -2.29. The van der Waals surface area contributed by atoms with Crippen LogP contribution in [-0.4, -0.2) is 5.11 Å². The summed E-state index contributed by atoms with van der Waals surface area (Å²) in [5.41, 5.74) is 6.70. The van der Waals surface area contributed by atoms with E-state index in [1.807, 2.05) is 109 Å². The van der Waals surface area contributed by atoms with Gasteiger partial charge in [-0.15, -0.1) is 0 Å². The van der Waals surface area contributed by atoms with E-state index >= 15 is 0 Å². The van der Waals surface area contributed by atoms with Crippen LogP contribution in [0.25, 0.3) is 44.2 Å². The van der Waals surface area contributed by atoms with E-state index in [-0.39, 0.29) is 0 Å². The first-order valence-electron chi connectivity index (χ1n) is 13.3. The summed E-state index contributed by atoms with van der Waals surface area (Å²) < 4.78 is 6.29. The fraction of sp³-hybridized carbons (Fsp3) is 0.0270. The Kier molecular flexibility index (Phi) is 6.00. The Morgan fingerprint density at radius 3 is 1.88 bits per heavy atom. The number of benzene rings is 6.